The molecule has 0 aromatic heterocycles. The minimum atomic E-state index is -3.55. The van der Waals surface area contributed by atoms with Crippen molar-refractivity contribution in [3.63, 3.8) is 0 Å². The molecule has 0 spiro atoms. The van der Waals surface area contributed by atoms with Gasteiger partial charge in [-0.2, -0.15) is 0 Å². The Kier molecular flexibility index (Phi) is 4.36. The van der Waals surface area contributed by atoms with Crippen LogP contribution in [0.4, 0.5) is 0 Å². The second kappa shape index (κ2) is 5.37. The number of benzene rings is 1. The first-order valence-electron chi connectivity index (χ1n) is 4.65. The molecule has 0 bridgehead atoms. The normalized spacial score (nSPS) is 11.0. The molecular weight excluding hydrogens is 266 g/mol. The van der Waals surface area contributed by atoms with Crippen LogP contribution in [0.3, 0.4) is 0 Å². The molecule has 0 unspecified atom stereocenters. The van der Waals surface area contributed by atoms with Crippen molar-refractivity contribution in [2.24, 2.45) is 0 Å². The van der Waals surface area contributed by atoms with Gasteiger partial charge in [0.25, 0.3) is 0 Å². The minimum absolute atomic E-state index is 0.114. The van der Waals surface area contributed by atoms with Crippen molar-refractivity contribution in [2.75, 3.05) is 13.4 Å². The zero-order chi connectivity index (χ0) is 13.1. The molecule has 0 aliphatic rings. The number of amides is 1. The first-order chi connectivity index (χ1) is 7.81. The van der Waals surface area contributed by atoms with Gasteiger partial charge in [-0.1, -0.05) is 11.6 Å². The van der Waals surface area contributed by atoms with Crippen molar-refractivity contribution in [3.05, 3.63) is 28.8 Å². The van der Waals surface area contributed by atoms with Gasteiger partial charge in [-0.05, 0) is 18.2 Å². The lowest BCUT2D eigenvalue weighted by atomic mass is 10.1. The van der Waals surface area contributed by atoms with E-state index >= 15 is 0 Å². The highest BCUT2D eigenvalue weighted by atomic mass is 35.5. The van der Waals surface area contributed by atoms with E-state index < -0.39 is 15.9 Å². The average molecular weight is 278 g/mol. The number of ether oxygens (including phenoxy) is 1. The number of hydrogen-bond acceptors (Lipinski definition) is 4. The van der Waals surface area contributed by atoms with Crippen molar-refractivity contribution in [2.45, 2.75) is 6.42 Å². The first kappa shape index (κ1) is 13.8. The lowest BCUT2D eigenvalue weighted by molar-refractivity contribution is -0.118. The van der Waals surface area contributed by atoms with E-state index in [1.54, 1.807) is 18.2 Å². The van der Waals surface area contributed by atoms with Crippen LogP contribution in [-0.2, 0) is 21.2 Å². The second-order valence-corrected chi connectivity index (χ2v) is 5.62. The van der Waals surface area contributed by atoms with Gasteiger partial charge < -0.3 is 4.74 Å². The van der Waals surface area contributed by atoms with Crippen LogP contribution in [0.15, 0.2) is 18.2 Å². The van der Waals surface area contributed by atoms with Gasteiger partial charge in [0.1, 0.15) is 5.75 Å². The summed E-state index contributed by atoms with van der Waals surface area (Å²) in [6.07, 6.45) is 0.802. The van der Waals surface area contributed by atoms with Crippen LogP contribution in [0.1, 0.15) is 5.56 Å². The van der Waals surface area contributed by atoms with Crippen molar-refractivity contribution in [1.29, 1.82) is 0 Å². The predicted octanol–water partition coefficient (Wildman–Crippen LogP) is 0.967. The largest absolute Gasteiger partial charge is 0.496 e. The third kappa shape index (κ3) is 4.62. The summed E-state index contributed by atoms with van der Waals surface area (Å²) in [5.41, 5.74) is 0.529. The summed E-state index contributed by atoms with van der Waals surface area (Å²) in [6, 6.07) is 4.80. The molecule has 0 aliphatic carbocycles. The fraction of sp³-hybridized carbons (Fsp3) is 0.300. The Morgan fingerprint density at radius 3 is 2.65 bits per heavy atom. The Balaban J connectivity index is 2.87. The number of carbonyl (C=O) groups is 1. The van der Waals surface area contributed by atoms with Crippen molar-refractivity contribution >= 4 is 27.5 Å². The monoisotopic (exact) mass is 277 g/mol. The molecule has 0 aliphatic heterocycles. The maximum Gasteiger partial charge on any atom is 0.237 e. The van der Waals surface area contributed by atoms with E-state index in [4.69, 9.17) is 16.3 Å². The molecule has 94 valence electrons. The van der Waals surface area contributed by atoms with E-state index in [2.05, 4.69) is 0 Å². The molecule has 0 saturated carbocycles. The number of methoxy groups -OCH3 is 1. The number of sulfonamides is 1. The van der Waals surface area contributed by atoms with Gasteiger partial charge >= 0.3 is 0 Å². The average Bonchev–Trinajstić information content (AvgIpc) is 2.14. The molecule has 0 radical (unpaired) electrons. The smallest absolute Gasteiger partial charge is 0.237 e. The van der Waals surface area contributed by atoms with E-state index in [1.165, 1.54) is 7.11 Å². The summed E-state index contributed by atoms with van der Waals surface area (Å²) >= 11 is 5.78. The Labute approximate surface area is 105 Å². The zero-order valence-electron chi connectivity index (χ0n) is 9.36. The third-order valence-electron chi connectivity index (χ3n) is 1.89. The zero-order valence-corrected chi connectivity index (χ0v) is 10.9. The highest BCUT2D eigenvalue weighted by molar-refractivity contribution is 7.89. The van der Waals surface area contributed by atoms with Crippen LogP contribution in [0, 0.1) is 0 Å². The molecule has 1 aromatic carbocycles. The van der Waals surface area contributed by atoms with Crippen LogP contribution in [-0.4, -0.2) is 27.7 Å². The van der Waals surface area contributed by atoms with E-state index in [0.717, 1.165) is 6.26 Å². The Hall–Kier alpha value is -1.27. The molecule has 5 nitrogen and oxygen atoms in total. The van der Waals surface area contributed by atoms with Crippen molar-refractivity contribution in [1.82, 2.24) is 4.72 Å². The quantitative estimate of drug-likeness (QED) is 0.890. The fourth-order valence-corrected chi connectivity index (χ4v) is 1.98. The molecule has 0 fully saturated rings. The van der Waals surface area contributed by atoms with Gasteiger partial charge in [-0.15, -0.1) is 0 Å². The number of rotatable bonds is 4. The first-order valence-corrected chi connectivity index (χ1v) is 6.92. The molecule has 1 amide bonds. The highest BCUT2D eigenvalue weighted by Gasteiger charge is 2.12. The van der Waals surface area contributed by atoms with Gasteiger partial charge in [0.05, 0.1) is 19.8 Å². The summed E-state index contributed by atoms with van der Waals surface area (Å²) in [4.78, 5) is 11.4. The Morgan fingerprint density at radius 1 is 1.47 bits per heavy atom. The lowest BCUT2D eigenvalue weighted by Gasteiger charge is -2.08. The third-order valence-corrected chi connectivity index (χ3v) is 2.73. The summed E-state index contributed by atoms with van der Waals surface area (Å²) < 4.78 is 28.6. The number of nitrogens with one attached hydrogen (secondary N) is 1. The maximum atomic E-state index is 11.4. The van der Waals surface area contributed by atoms with Crippen LogP contribution in [0.25, 0.3) is 0 Å². The predicted molar refractivity (Wildman–Crippen MR) is 64.7 cm³/mol. The highest BCUT2D eigenvalue weighted by Crippen LogP contribution is 2.22. The van der Waals surface area contributed by atoms with Crippen molar-refractivity contribution in [3.8, 4) is 5.75 Å². The van der Waals surface area contributed by atoms with Crippen LogP contribution in [0.5, 0.6) is 5.75 Å². The SMILES string of the molecule is COc1ccc(Cl)cc1CC(=O)NS(C)(=O)=O. The molecule has 0 atom stereocenters. The fourth-order valence-electron chi connectivity index (χ4n) is 1.30. The number of hydrogen-bond donors (Lipinski definition) is 1. The van der Waals surface area contributed by atoms with Gasteiger partial charge in [0.2, 0.25) is 15.9 Å². The molecule has 0 saturated heterocycles. The summed E-state index contributed by atoms with van der Waals surface area (Å²) in [5, 5.41) is 0.452. The van der Waals surface area contributed by atoms with E-state index in [1.807, 2.05) is 4.72 Å². The van der Waals surface area contributed by atoms with Gasteiger partial charge in [0, 0.05) is 10.6 Å². The summed E-state index contributed by atoms with van der Waals surface area (Å²) in [7, 11) is -2.09. The Morgan fingerprint density at radius 2 is 2.12 bits per heavy atom. The molecule has 0 heterocycles. The topological polar surface area (TPSA) is 72.5 Å². The Bertz CT molecular complexity index is 527. The lowest BCUT2D eigenvalue weighted by Crippen LogP contribution is -2.30. The molecule has 1 rings (SSSR count). The van der Waals surface area contributed by atoms with Crippen molar-refractivity contribution < 1.29 is 17.9 Å². The molecular formula is C10H12ClNO4S. The van der Waals surface area contributed by atoms with E-state index in [9.17, 15) is 13.2 Å². The summed E-state index contributed by atoms with van der Waals surface area (Å²) in [5.74, 6) is -0.147. The van der Waals surface area contributed by atoms with Crippen LogP contribution < -0.4 is 9.46 Å². The number of halogens is 1. The maximum absolute atomic E-state index is 11.4. The van der Waals surface area contributed by atoms with E-state index in [-0.39, 0.29) is 6.42 Å². The molecule has 1 aromatic rings. The van der Waals surface area contributed by atoms with Gasteiger partial charge in [-0.25, -0.2) is 8.42 Å². The number of carbonyl (C=O) groups excluding carboxylic acids is 1. The molecule has 17 heavy (non-hydrogen) atoms. The standard InChI is InChI=1S/C10H12ClNO4S/c1-16-9-4-3-8(11)5-7(9)6-10(13)12-17(2,14)15/h3-5H,6H2,1-2H3,(H,12,13). The molecule has 7 heteroatoms. The van der Waals surface area contributed by atoms with Crippen LogP contribution >= 0.6 is 11.6 Å². The summed E-state index contributed by atoms with van der Waals surface area (Å²) in [6.45, 7) is 0. The molecule has 1 N–H and O–H groups in total. The second-order valence-electron chi connectivity index (χ2n) is 3.43. The van der Waals surface area contributed by atoms with Gasteiger partial charge in [0.15, 0.2) is 0 Å². The van der Waals surface area contributed by atoms with E-state index in [0.29, 0.717) is 16.3 Å². The minimum Gasteiger partial charge on any atom is -0.496 e. The van der Waals surface area contributed by atoms with Gasteiger partial charge in [-0.3, -0.25) is 9.52 Å². The van der Waals surface area contributed by atoms with Crippen LogP contribution in [0.2, 0.25) is 5.02 Å².